The number of aromatic nitrogens is 1. The van der Waals surface area contributed by atoms with Crippen molar-refractivity contribution in [3.05, 3.63) is 57.6 Å². The Bertz CT molecular complexity index is 839. The Morgan fingerprint density at radius 1 is 1.24 bits per heavy atom. The molecule has 0 spiro atoms. The fourth-order valence-corrected chi connectivity index (χ4v) is 3.33. The summed E-state index contributed by atoms with van der Waals surface area (Å²) in [5, 5.41) is 11.8. The standard InChI is InChI=1S/C16H14N2O2S/c1-3-11-4-6-13-15(9-11)21-16(17-13)12-5-7-14(18(19)20)10(2)8-12/h4-9H,3H2,1-2H3. The molecule has 0 atom stereocenters. The zero-order valence-electron chi connectivity index (χ0n) is 11.8. The van der Waals surface area contributed by atoms with E-state index in [1.165, 1.54) is 5.56 Å². The van der Waals surface area contributed by atoms with Gasteiger partial charge in [-0.25, -0.2) is 4.98 Å². The second kappa shape index (κ2) is 5.26. The molecule has 0 aliphatic rings. The van der Waals surface area contributed by atoms with Gasteiger partial charge in [0.1, 0.15) is 5.01 Å². The summed E-state index contributed by atoms with van der Waals surface area (Å²) in [6, 6.07) is 11.4. The van der Waals surface area contributed by atoms with Crippen molar-refractivity contribution in [1.29, 1.82) is 0 Å². The van der Waals surface area contributed by atoms with E-state index >= 15 is 0 Å². The van der Waals surface area contributed by atoms with Crippen LogP contribution in [0.15, 0.2) is 36.4 Å². The molecule has 106 valence electrons. The van der Waals surface area contributed by atoms with Gasteiger partial charge in [-0.3, -0.25) is 10.1 Å². The lowest BCUT2D eigenvalue weighted by molar-refractivity contribution is -0.385. The first kappa shape index (κ1) is 13.7. The Morgan fingerprint density at radius 3 is 2.71 bits per heavy atom. The molecule has 0 saturated carbocycles. The topological polar surface area (TPSA) is 56.0 Å². The number of thiazole rings is 1. The van der Waals surface area contributed by atoms with Crippen LogP contribution in [0.1, 0.15) is 18.1 Å². The molecule has 0 saturated heterocycles. The largest absolute Gasteiger partial charge is 0.272 e. The number of nitrogens with zero attached hydrogens (tertiary/aromatic N) is 2. The summed E-state index contributed by atoms with van der Waals surface area (Å²) in [7, 11) is 0. The number of hydrogen-bond acceptors (Lipinski definition) is 4. The molecule has 0 fully saturated rings. The lowest BCUT2D eigenvalue weighted by atomic mass is 10.1. The minimum atomic E-state index is -0.356. The van der Waals surface area contributed by atoms with Gasteiger partial charge in [-0.15, -0.1) is 11.3 Å². The van der Waals surface area contributed by atoms with E-state index in [2.05, 4.69) is 24.0 Å². The summed E-state index contributed by atoms with van der Waals surface area (Å²) in [5.41, 5.74) is 4.00. The molecule has 0 aliphatic heterocycles. The monoisotopic (exact) mass is 298 g/mol. The third-order valence-electron chi connectivity index (χ3n) is 3.50. The van der Waals surface area contributed by atoms with E-state index in [0.717, 1.165) is 27.2 Å². The van der Waals surface area contributed by atoms with Crippen LogP contribution in [0.5, 0.6) is 0 Å². The maximum absolute atomic E-state index is 10.9. The average Bonchev–Trinajstić information content (AvgIpc) is 2.89. The van der Waals surface area contributed by atoms with Gasteiger partial charge in [0.05, 0.1) is 15.1 Å². The number of nitro benzene ring substituents is 1. The summed E-state index contributed by atoms with van der Waals surface area (Å²) >= 11 is 1.62. The quantitative estimate of drug-likeness (QED) is 0.518. The summed E-state index contributed by atoms with van der Waals surface area (Å²) in [6.45, 7) is 3.88. The second-order valence-corrected chi connectivity index (χ2v) is 5.96. The van der Waals surface area contributed by atoms with E-state index in [9.17, 15) is 10.1 Å². The summed E-state index contributed by atoms with van der Waals surface area (Å²) in [5.74, 6) is 0. The number of nitro groups is 1. The van der Waals surface area contributed by atoms with Crippen LogP contribution in [0.2, 0.25) is 0 Å². The highest BCUT2D eigenvalue weighted by Gasteiger charge is 2.13. The van der Waals surface area contributed by atoms with Crippen LogP contribution in [-0.4, -0.2) is 9.91 Å². The van der Waals surface area contributed by atoms with Crippen molar-refractivity contribution >= 4 is 27.2 Å². The van der Waals surface area contributed by atoms with E-state index in [4.69, 9.17) is 0 Å². The molecule has 0 bridgehead atoms. The Hall–Kier alpha value is -2.27. The Morgan fingerprint density at radius 2 is 2.05 bits per heavy atom. The van der Waals surface area contributed by atoms with Gasteiger partial charge < -0.3 is 0 Å². The van der Waals surface area contributed by atoms with Crippen LogP contribution < -0.4 is 0 Å². The molecule has 3 aromatic rings. The maximum atomic E-state index is 10.9. The Kier molecular flexibility index (Phi) is 3.43. The molecule has 4 nitrogen and oxygen atoms in total. The zero-order valence-corrected chi connectivity index (χ0v) is 12.6. The third kappa shape index (κ3) is 2.52. The van der Waals surface area contributed by atoms with Gasteiger partial charge in [0, 0.05) is 17.2 Å². The Balaban J connectivity index is 2.07. The molecular formula is C16H14N2O2S. The zero-order chi connectivity index (χ0) is 15.0. The van der Waals surface area contributed by atoms with Gasteiger partial charge in [0.15, 0.2) is 0 Å². The minimum Gasteiger partial charge on any atom is -0.258 e. The first-order valence-electron chi connectivity index (χ1n) is 6.73. The van der Waals surface area contributed by atoms with Crippen molar-refractivity contribution in [1.82, 2.24) is 4.98 Å². The maximum Gasteiger partial charge on any atom is 0.272 e. The van der Waals surface area contributed by atoms with Crippen LogP contribution in [-0.2, 0) is 6.42 Å². The van der Waals surface area contributed by atoms with Gasteiger partial charge in [-0.05, 0) is 43.2 Å². The smallest absolute Gasteiger partial charge is 0.258 e. The fourth-order valence-electron chi connectivity index (χ4n) is 2.31. The predicted octanol–water partition coefficient (Wildman–Crippen LogP) is 4.74. The molecule has 0 amide bonds. The number of aryl methyl sites for hydroxylation is 2. The first-order valence-corrected chi connectivity index (χ1v) is 7.55. The van der Waals surface area contributed by atoms with Crippen LogP contribution in [0.25, 0.3) is 20.8 Å². The number of rotatable bonds is 3. The first-order chi connectivity index (χ1) is 10.1. The van der Waals surface area contributed by atoms with Gasteiger partial charge >= 0.3 is 0 Å². The van der Waals surface area contributed by atoms with Crippen LogP contribution in [0.3, 0.4) is 0 Å². The molecule has 0 aliphatic carbocycles. The fraction of sp³-hybridized carbons (Fsp3) is 0.188. The van der Waals surface area contributed by atoms with Crippen molar-refractivity contribution in [3.8, 4) is 10.6 Å². The van der Waals surface area contributed by atoms with E-state index < -0.39 is 0 Å². The van der Waals surface area contributed by atoms with Crippen molar-refractivity contribution < 1.29 is 4.92 Å². The van der Waals surface area contributed by atoms with Gasteiger partial charge in [0.25, 0.3) is 5.69 Å². The third-order valence-corrected chi connectivity index (χ3v) is 4.57. The summed E-state index contributed by atoms with van der Waals surface area (Å²) < 4.78 is 1.15. The molecule has 3 rings (SSSR count). The molecule has 1 aromatic heterocycles. The predicted molar refractivity (Wildman–Crippen MR) is 85.8 cm³/mol. The highest BCUT2D eigenvalue weighted by molar-refractivity contribution is 7.21. The molecule has 0 N–H and O–H groups in total. The van der Waals surface area contributed by atoms with E-state index in [0.29, 0.717) is 5.56 Å². The van der Waals surface area contributed by atoms with E-state index in [1.54, 1.807) is 30.4 Å². The van der Waals surface area contributed by atoms with Crippen LogP contribution in [0.4, 0.5) is 5.69 Å². The van der Waals surface area contributed by atoms with Crippen LogP contribution >= 0.6 is 11.3 Å². The highest BCUT2D eigenvalue weighted by Crippen LogP contribution is 2.32. The summed E-state index contributed by atoms with van der Waals surface area (Å²) in [4.78, 5) is 15.1. The van der Waals surface area contributed by atoms with E-state index in [-0.39, 0.29) is 10.6 Å². The summed E-state index contributed by atoms with van der Waals surface area (Å²) in [6.07, 6.45) is 1.000. The highest BCUT2D eigenvalue weighted by atomic mass is 32.1. The van der Waals surface area contributed by atoms with Crippen molar-refractivity contribution in [2.75, 3.05) is 0 Å². The molecule has 21 heavy (non-hydrogen) atoms. The van der Waals surface area contributed by atoms with Crippen LogP contribution in [0, 0.1) is 17.0 Å². The van der Waals surface area contributed by atoms with Crippen molar-refractivity contribution in [2.45, 2.75) is 20.3 Å². The lowest BCUT2D eigenvalue weighted by Crippen LogP contribution is -1.91. The normalized spacial score (nSPS) is 11.0. The Labute approximate surface area is 126 Å². The van der Waals surface area contributed by atoms with Gasteiger partial charge in [-0.1, -0.05) is 13.0 Å². The van der Waals surface area contributed by atoms with E-state index in [1.807, 2.05) is 12.1 Å². The molecular weight excluding hydrogens is 284 g/mol. The molecule has 2 aromatic carbocycles. The lowest BCUT2D eigenvalue weighted by Gasteiger charge is -1.99. The average molecular weight is 298 g/mol. The molecule has 1 heterocycles. The molecule has 0 radical (unpaired) electrons. The molecule has 5 heteroatoms. The van der Waals surface area contributed by atoms with Crippen molar-refractivity contribution in [3.63, 3.8) is 0 Å². The number of fused-ring (bicyclic) bond motifs is 1. The number of benzene rings is 2. The van der Waals surface area contributed by atoms with Crippen molar-refractivity contribution in [2.24, 2.45) is 0 Å². The SMILES string of the molecule is CCc1ccc2nc(-c3ccc([N+](=O)[O-])c(C)c3)sc2c1. The van der Waals surface area contributed by atoms with Gasteiger partial charge in [-0.2, -0.15) is 0 Å². The minimum absolute atomic E-state index is 0.146. The number of hydrogen-bond donors (Lipinski definition) is 0. The second-order valence-electron chi connectivity index (χ2n) is 4.93. The van der Waals surface area contributed by atoms with Gasteiger partial charge in [0.2, 0.25) is 0 Å². The molecule has 0 unspecified atom stereocenters.